The van der Waals surface area contributed by atoms with Crippen LogP contribution in [0.15, 0.2) is 60.7 Å². The Balaban J connectivity index is 1.77. The van der Waals surface area contributed by atoms with Gasteiger partial charge in [0.05, 0.1) is 26.4 Å². The van der Waals surface area contributed by atoms with Gasteiger partial charge in [-0.3, -0.25) is 0 Å². The summed E-state index contributed by atoms with van der Waals surface area (Å²) in [5.74, 6) is 2.56. The number of hydrogen-bond donors (Lipinski definition) is 2. The van der Waals surface area contributed by atoms with Crippen LogP contribution in [0.2, 0.25) is 0 Å². The normalized spacial score (nSPS) is 12.0. The zero-order valence-electron chi connectivity index (χ0n) is 20.9. The second kappa shape index (κ2) is 12.4. The minimum atomic E-state index is 0.0187. The summed E-state index contributed by atoms with van der Waals surface area (Å²) >= 11 is 0. The molecule has 0 aromatic heterocycles. The van der Waals surface area contributed by atoms with Crippen LogP contribution in [0, 0.1) is 12.8 Å². The van der Waals surface area contributed by atoms with Gasteiger partial charge in [0.2, 0.25) is 0 Å². The van der Waals surface area contributed by atoms with Crippen LogP contribution < -0.4 is 19.5 Å². The smallest absolute Gasteiger partial charge is 0.130 e. The predicted octanol–water partition coefficient (Wildman–Crippen LogP) is 5.75. The molecule has 0 heterocycles. The van der Waals surface area contributed by atoms with E-state index in [1.165, 1.54) is 16.7 Å². The molecule has 3 aromatic carbocycles. The molecule has 0 radical (unpaired) electrons. The Kier molecular flexibility index (Phi) is 9.37. The lowest BCUT2D eigenvalue weighted by atomic mass is 9.97. The van der Waals surface area contributed by atoms with Crippen molar-refractivity contribution in [2.75, 3.05) is 20.8 Å². The Hall–Kier alpha value is -3.02. The largest absolute Gasteiger partial charge is 0.496 e. The van der Waals surface area contributed by atoms with E-state index in [1.54, 1.807) is 14.2 Å². The summed E-state index contributed by atoms with van der Waals surface area (Å²) in [4.78, 5) is 0. The molecule has 0 saturated carbocycles. The molecule has 0 fully saturated rings. The Labute approximate surface area is 203 Å². The van der Waals surface area contributed by atoms with Crippen LogP contribution in [-0.2, 0) is 13.2 Å². The number of methoxy groups -OCH3 is 2. The average molecular weight is 464 g/mol. The standard InChI is InChI=1S/C29H37NO4/c1-20(2)14-24(18-31)30-17-27-28(32-4)15-25(16-29(27)33-5)34-19-23-12-9-13-26(21(23)3)22-10-7-6-8-11-22/h6-13,15-16,20,24,30-31H,14,17-19H2,1-5H3/t24-/m0/s1. The maximum atomic E-state index is 9.70. The molecule has 2 N–H and O–H groups in total. The summed E-state index contributed by atoms with van der Waals surface area (Å²) in [6, 6.07) is 20.5. The molecule has 182 valence electrons. The third kappa shape index (κ3) is 6.52. The van der Waals surface area contributed by atoms with E-state index in [0.717, 1.165) is 17.5 Å². The molecule has 5 nitrogen and oxygen atoms in total. The van der Waals surface area contributed by atoms with Crippen molar-refractivity contribution in [3.05, 3.63) is 77.4 Å². The van der Waals surface area contributed by atoms with E-state index in [0.29, 0.717) is 36.3 Å². The first-order valence-electron chi connectivity index (χ1n) is 11.8. The van der Waals surface area contributed by atoms with Crippen LogP contribution in [-0.4, -0.2) is 32.0 Å². The van der Waals surface area contributed by atoms with Gasteiger partial charge in [-0.05, 0) is 41.5 Å². The molecule has 0 amide bonds. The first-order valence-corrected chi connectivity index (χ1v) is 11.8. The van der Waals surface area contributed by atoms with Crippen LogP contribution in [0.5, 0.6) is 17.2 Å². The van der Waals surface area contributed by atoms with Crippen molar-refractivity contribution in [3.8, 4) is 28.4 Å². The molecular weight excluding hydrogens is 426 g/mol. The summed E-state index contributed by atoms with van der Waals surface area (Å²) in [6.45, 7) is 7.49. The maximum absolute atomic E-state index is 9.70. The highest BCUT2D eigenvalue weighted by molar-refractivity contribution is 5.68. The Bertz CT molecular complexity index is 1020. The molecular formula is C29H37NO4. The van der Waals surface area contributed by atoms with Crippen molar-refractivity contribution in [3.63, 3.8) is 0 Å². The first-order chi connectivity index (χ1) is 16.5. The molecule has 34 heavy (non-hydrogen) atoms. The molecule has 0 aliphatic rings. The van der Waals surface area contributed by atoms with Crippen molar-refractivity contribution in [2.24, 2.45) is 5.92 Å². The number of ether oxygens (including phenoxy) is 3. The van der Waals surface area contributed by atoms with Gasteiger partial charge in [0.1, 0.15) is 23.9 Å². The first kappa shape index (κ1) is 25.6. The summed E-state index contributed by atoms with van der Waals surface area (Å²) in [5, 5.41) is 13.1. The van der Waals surface area contributed by atoms with Gasteiger partial charge in [0.25, 0.3) is 0 Å². The number of hydrogen-bond acceptors (Lipinski definition) is 5. The minimum Gasteiger partial charge on any atom is -0.496 e. The van der Waals surface area contributed by atoms with Crippen molar-refractivity contribution in [2.45, 2.75) is 46.4 Å². The van der Waals surface area contributed by atoms with Crippen LogP contribution in [0.3, 0.4) is 0 Å². The third-order valence-corrected chi connectivity index (χ3v) is 6.05. The van der Waals surface area contributed by atoms with Crippen molar-refractivity contribution < 1.29 is 19.3 Å². The second-order valence-corrected chi connectivity index (χ2v) is 8.94. The third-order valence-electron chi connectivity index (χ3n) is 6.05. The van der Waals surface area contributed by atoms with Gasteiger partial charge in [-0.15, -0.1) is 0 Å². The number of rotatable bonds is 12. The molecule has 0 bridgehead atoms. The lowest BCUT2D eigenvalue weighted by Gasteiger charge is -2.21. The van der Waals surface area contributed by atoms with E-state index >= 15 is 0 Å². The van der Waals surface area contributed by atoms with E-state index in [-0.39, 0.29) is 12.6 Å². The van der Waals surface area contributed by atoms with Crippen LogP contribution in [0.25, 0.3) is 11.1 Å². The fraction of sp³-hybridized carbons (Fsp3) is 0.379. The average Bonchev–Trinajstić information content (AvgIpc) is 2.86. The van der Waals surface area contributed by atoms with Gasteiger partial charge in [-0.1, -0.05) is 62.4 Å². The molecule has 0 spiro atoms. The van der Waals surface area contributed by atoms with Gasteiger partial charge < -0.3 is 24.6 Å². The summed E-state index contributed by atoms with van der Waals surface area (Å²) in [5.41, 5.74) is 5.64. The molecule has 0 unspecified atom stereocenters. The highest BCUT2D eigenvalue weighted by Crippen LogP contribution is 2.35. The molecule has 0 aliphatic heterocycles. The second-order valence-electron chi connectivity index (χ2n) is 8.94. The molecule has 0 aliphatic carbocycles. The summed E-state index contributed by atoms with van der Waals surface area (Å²) in [7, 11) is 3.29. The lowest BCUT2D eigenvalue weighted by molar-refractivity contribution is 0.222. The van der Waals surface area contributed by atoms with Gasteiger partial charge >= 0.3 is 0 Å². The van der Waals surface area contributed by atoms with Crippen LogP contribution >= 0.6 is 0 Å². The number of aliphatic hydroxyl groups is 1. The van der Waals surface area contributed by atoms with Gasteiger partial charge in [0.15, 0.2) is 0 Å². The van der Waals surface area contributed by atoms with E-state index in [4.69, 9.17) is 14.2 Å². The Morgan fingerprint density at radius 3 is 2.18 bits per heavy atom. The fourth-order valence-electron chi connectivity index (χ4n) is 4.19. The highest BCUT2D eigenvalue weighted by Gasteiger charge is 2.17. The zero-order chi connectivity index (χ0) is 24.5. The van der Waals surface area contributed by atoms with Crippen molar-refractivity contribution in [1.29, 1.82) is 0 Å². The molecule has 3 aromatic rings. The maximum Gasteiger partial charge on any atom is 0.130 e. The predicted molar refractivity (Wildman–Crippen MR) is 138 cm³/mol. The molecule has 0 saturated heterocycles. The van der Waals surface area contributed by atoms with E-state index in [1.807, 2.05) is 18.2 Å². The van der Waals surface area contributed by atoms with E-state index < -0.39 is 0 Å². The number of benzene rings is 3. The molecule has 1 atom stereocenters. The molecule has 5 heteroatoms. The highest BCUT2D eigenvalue weighted by atomic mass is 16.5. The van der Waals surface area contributed by atoms with Gasteiger partial charge in [0, 0.05) is 24.7 Å². The summed E-state index contributed by atoms with van der Waals surface area (Å²) in [6.07, 6.45) is 0.893. The summed E-state index contributed by atoms with van der Waals surface area (Å²) < 4.78 is 17.5. The van der Waals surface area contributed by atoms with Gasteiger partial charge in [-0.2, -0.15) is 0 Å². The van der Waals surface area contributed by atoms with Crippen LogP contribution in [0.1, 0.15) is 37.0 Å². The molecule has 3 rings (SSSR count). The van der Waals surface area contributed by atoms with Crippen molar-refractivity contribution in [1.82, 2.24) is 5.32 Å². The SMILES string of the molecule is COc1cc(OCc2cccc(-c3ccccc3)c2C)cc(OC)c1CN[C@H](CO)CC(C)C. The zero-order valence-corrected chi connectivity index (χ0v) is 20.9. The monoisotopic (exact) mass is 463 g/mol. The quantitative estimate of drug-likeness (QED) is 0.358. The topological polar surface area (TPSA) is 60.0 Å². The lowest BCUT2D eigenvalue weighted by Crippen LogP contribution is -2.33. The van der Waals surface area contributed by atoms with Gasteiger partial charge in [-0.25, -0.2) is 0 Å². The van der Waals surface area contributed by atoms with E-state index in [2.05, 4.69) is 68.6 Å². The van der Waals surface area contributed by atoms with Crippen molar-refractivity contribution >= 4 is 0 Å². The van der Waals surface area contributed by atoms with Crippen LogP contribution in [0.4, 0.5) is 0 Å². The minimum absolute atomic E-state index is 0.0187. The van der Waals surface area contributed by atoms with E-state index in [9.17, 15) is 5.11 Å². The Morgan fingerprint density at radius 2 is 1.59 bits per heavy atom. The Morgan fingerprint density at radius 1 is 0.912 bits per heavy atom. The number of nitrogens with one attached hydrogen (secondary N) is 1. The number of aliphatic hydroxyl groups excluding tert-OH is 1. The fourth-order valence-corrected chi connectivity index (χ4v) is 4.19.